The molecule has 1 aliphatic heterocycles. The van der Waals surface area contributed by atoms with E-state index >= 15 is 0 Å². The van der Waals surface area contributed by atoms with Gasteiger partial charge in [0, 0.05) is 20.1 Å². The van der Waals surface area contributed by atoms with Crippen LogP contribution in [0, 0.1) is 0 Å². The summed E-state index contributed by atoms with van der Waals surface area (Å²) in [5, 5.41) is 11.2. The van der Waals surface area contributed by atoms with Gasteiger partial charge in [0.05, 0.1) is 11.3 Å². The van der Waals surface area contributed by atoms with Crippen molar-refractivity contribution >= 4 is 23.6 Å². The Bertz CT molecular complexity index is 586. The minimum absolute atomic E-state index is 0.0134. The first-order valence-electron chi connectivity index (χ1n) is 6.13. The fourth-order valence-corrected chi connectivity index (χ4v) is 1.90. The fraction of sp³-hybridized carbons (Fsp3) is 0.308. The highest BCUT2D eigenvalue weighted by molar-refractivity contribution is 6.06. The lowest BCUT2D eigenvalue weighted by molar-refractivity contribution is -0.120. The maximum absolute atomic E-state index is 11.9. The number of hydrogen-bond donors (Lipinski definition) is 2. The summed E-state index contributed by atoms with van der Waals surface area (Å²) in [6.07, 6.45) is 0.132. The van der Waals surface area contributed by atoms with Crippen LogP contribution in [0.15, 0.2) is 18.2 Å². The van der Waals surface area contributed by atoms with Gasteiger partial charge in [-0.25, -0.2) is 9.59 Å². The number of ether oxygens (including phenoxy) is 2. The fourth-order valence-electron chi connectivity index (χ4n) is 1.90. The van der Waals surface area contributed by atoms with Gasteiger partial charge in [-0.15, -0.1) is 0 Å². The lowest BCUT2D eigenvalue weighted by Crippen LogP contribution is -2.49. The number of carboxylic acid groups (broad SMARTS) is 1. The summed E-state index contributed by atoms with van der Waals surface area (Å²) in [5.41, 5.74) is 0.288. The number of amides is 3. The maximum atomic E-state index is 11.9. The van der Waals surface area contributed by atoms with Crippen LogP contribution in [0.25, 0.3) is 0 Å². The summed E-state index contributed by atoms with van der Waals surface area (Å²) < 4.78 is 10.1. The number of carboxylic acids is 1. The van der Waals surface area contributed by atoms with Gasteiger partial charge in [-0.05, 0) is 18.2 Å². The van der Waals surface area contributed by atoms with E-state index in [4.69, 9.17) is 14.6 Å². The van der Waals surface area contributed by atoms with E-state index in [1.165, 1.54) is 30.2 Å². The predicted molar refractivity (Wildman–Crippen MR) is 71.4 cm³/mol. The molecule has 3 amide bonds. The van der Waals surface area contributed by atoms with Crippen LogP contribution in [0.1, 0.15) is 16.8 Å². The lowest BCUT2D eigenvalue weighted by Gasteiger charge is -2.28. The summed E-state index contributed by atoms with van der Waals surface area (Å²) in [5.74, 6) is -1.20. The van der Waals surface area contributed by atoms with Gasteiger partial charge in [0.2, 0.25) is 5.91 Å². The van der Waals surface area contributed by atoms with E-state index in [1.807, 2.05) is 0 Å². The van der Waals surface area contributed by atoms with E-state index in [0.717, 1.165) is 0 Å². The molecule has 2 rings (SSSR count). The van der Waals surface area contributed by atoms with Gasteiger partial charge < -0.3 is 14.6 Å². The van der Waals surface area contributed by atoms with Crippen LogP contribution in [-0.4, -0.2) is 43.5 Å². The van der Waals surface area contributed by atoms with Crippen molar-refractivity contribution < 1.29 is 29.0 Å². The van der Waals surface area contributed by atoms with Crippen LogP contribution in [0.2, 0.25) is 0 Å². The normalized spacial score (nSPS) is 14.8. The van der Waals surface area contributed by atoms with Gasteiger partial charge in [-0.1, -0.05) is 0 Å². The van der Waals surface area contributed by atoms with Gasteiger partial charge in [0.1, 0.15) is 5.75 Å². The zero-order chi connectivity index (χ0) is 15.4. The third-order valence-electron chi connectivity index (χ3n) is 2.88. The Kier molecular flexibility index (Phi) is 4.39. The third-order valence-corrected chi connectivity index (χ3v) is 2.88. The molecule has 0 aromatic heterocycles. The zero-order valence-electron chi connectivity index (χ0n) is 11.3. The molecule has 112 valence electrons. The van der Waals surface area contributed by atoms with Crippen LogP contribution in [-0.2, 0) is 9.53 Å². The molecule has 1 aromatic carbocycles. The van der Waals surface area contributed by atoms with E-state index in [1.54, 1.807) is 0 Å². The quantitative estimate of drug-likeness (QED) is 0.779. The molecule has 8 nitrogen and oxygen atoms in total. The van der Waals surface area contributed by atoms with Gasteiger partial charge in [-0.2, -0.15) is 0 Å². The number of nitrogens with one attached hydrogen (secondary N) is 1. The number of nitrogens with zero attached hydrogens (tertiary/aromatic N) is 1. The monoisotopic (exact) mass is 294 g/mol. The van der Waals surface area contributed by atoms with E-state index in [2.05, 4.69) is 5.32 Å². The average molecular weight is 294 g/mol. The molecule has 1 aromatic rings. The van der Waals surface area contributed by atoms with Crippen LogP contribution >= 0.6 is 0 Å². The summed E-state index contributed by atoms with van der Waals surface area (Å²) >= 11 is 0. The molecule has 1 aliphatic rings. The minimum Gasteiger partial charge on any atom is -0.478 e. The molecule has 0 saturated carbocycles. The van der Waals surface area contributed by atoms with Gasteiger partial charge in [0.15, 0.2) is 6.79 Å². The van der Waals surface area contributed by atoms with Gasteiger partial charge in [-0.3, -0.25) is 15.0 Å². The second kappa shape index (κ2) is 6.23. The number of rotatable bonds is 5. The number of imide groups is 1. The number of anilines is 1. The first-order chi connectivity index (χ1) is 10.0. The summed E-state index contributed by atoms with van der Waals surface area (Å²) in [6.45, 7) is 0.102. The van der Waals surface area contributed by atoms with Crippen molar-refractivity contribution in [1.29, 1.82) is 0 Å². The Morgan fingerprint density at radius 2 is 2.19 bits per heavy atom. The number of carbonyl (C=O) groups is 3. The summed E-state index contributed by atoms with van der Waals surface area (Å²) in [6, 6.07) is 3.52. The molecule has 0 atom stereocenters. The van der Waals surface area contributed by atoms with Crippen LogP contribution < -0.4 is 15.0 Å². The largest absolute Gasteiger partial charge is 0.478 e. The highest BCUT2D eigenvalue weighted by Gasteiger charge is 2.27. The lowest BCUT2D eigenvalue weighted by atomic mass is 10.1. The minimum atomic E-state index is -1.12. The van der Waals surface area contributed by atoms with Crippen molar-refractivity contribution in [2.75, 3.05) is 25.3 Å². The first kappa shape index (κ1) is 14.8. The molecule has 1 heterocycles. The number of methoxy groups -OCH3 is 1. The van der Waals surface area contributed by atoms with Crippen molar-refractivity contribution in [2.45, 2.75) is 6.42 Å². The van der Waals surface area contributed by atoms with Crippen molar-refractivity contribution in [1.82, 2.24) is 5.32 Å². The average Bonchev–Trinajstić information content (AvgIpc) is 2.45. The number of urea groups is 1. The number of benzene rings is 1. The molecule has 0 unspecified atom stereocenters. The molecule has 8 heteroatoms. The van der Waals surface area contributed by atoms with E-state index in [-0.39, 0.29) is 36.9 Å². The Morgan fingerprint density at radius 1 is 1.43 bits per heavy atom. The molecular weight excluding hydrogens is 280 g/mol. The predicted octanol–water partition coefficient (Wildman–Crippen LogP) is 0.814. The molecule has 0 bridgehead atoms. The first-order valence-corrected chi connectivity index (χ1v) is 6.13. The zero-order valence-corrected chi connectivity index (χ0v) is 11.3. The van der Waals surface area contributed by atoms with Gasteiger partial charge >= 0.3 is 12.0 Å². The number of aromatic carboxylic acids is 1. The Morgan fingerprint density at radius 3 is 2.81 bits per heavy atom. The molecule has 0 spiro atoms. The second-order valence-electron chi connectivity index (χ2n) is 4.29. The van der Waals surface area contributed by atoms with Crippen LogP contribution in [0.5, 0.6) is 5.75 Å². The van der Waals surface area contributed by atoms with E-state index in [9.17, 15) is 14.4 Å². The molecule has 0 radical (unpaired) electrons. The van der Waals surface area contributed by atoms with Crippen molar-refractivity contribution in [2.24, 2.45) is 0 Å². The Labute approximate surface area is 120 Å². The van der Waals surface area contributed by atoms with Gasteiger partial charge in [0.25, 0.3) is 0 Å². The third kappa shape index (κ3) is 3.29. The number of carbonyl (C=O) groups excluding carboxylic acids is 2. The standard InChI is InChI=1S/C13H14N2O6/c1-20-7-21-10-3-2-8(12(17)18)6-9(10)15-5-4-11(16)14-13(15)19/h2-3,6H,4-5,7H2,1H3,(H,17,18)(H,14,16,19). The maximum Gasteiger partial charge on any atom is 0.335 e. The Hall–Kier alpha value is -2.61. The summed E-state index contributed by atoms with van der Waals surface area (Å²) in [4.78, 5) is 35.4. The molecule has 1 fully saturated rings. The van der Waals surface area contributed by atoms with Crippen LogP contribution in [0.3, 0.4) is 0 Å². The molecule has 1 saturated heterocycles. The Balaban J connectivity index is 2.37. The van der Waals surface area contributed by atoms with Crippen molar-refractivity contribution in [3.63, 3.8) is 0 Å². The van der Waals surface area contributed by atoms with Crippen LogP contribution in [0.4, 0.5) is 10.5 Å². The SMILES string of the molecule is COCOc1ccc(C(=O)O)cc1N1CCC(=O)NC1=O. The molecular formula is C13H14N2O6. The number of hydrogen-bond acceptors (Lipinski definition) is 5. The van der Waals surface area contributed by atoms with Crippen molar-refractivity contribution in [3.8, 4) is 5.75 Å². The second-order valence-corrected chi connectivity index (χ2v) is 4.29. The molecule has 2 N–H and O–H groups in total. The van der Waals surface area contributed by atoms with E-state index in [0.29, 0.717) is 5.75 Å². The van der Waals surface area contributed by atoms with Crippen molar-refractivity contribution in [3.05, 3.63) is 23.8 Å². The highest BCUT2D eigenvalue weighted by Crippen LogP contribution is 2.31. The van der Waals surface area contributed by atoms with E-state index < -0.39 is 12.0 Å². The topological polar surface area (TPSA) is 105 Å². The molecule has 21 heavy (non-hydrogen) atoms. The molecule has 0 aliphatic carbocycles. The highest BCUT2D eigenvalue weighted by atomic mass is 16.7. The smallest absolute Gasteiger partial charge is 0.335 e. The summed E-state index contributed by atoms with van der Waals surface area (Å²) in [7, 11) is 1.44.